The lowest BCUT2D eigenvalue weighted by atomic mass is 10.1. The monoisotopic (exact) mass is 341 g/mol. The second-order valence-electron chi connectivity index (χ2n) is 6.16. The minimum Gasteiger partial charge on any atom is -0.472 e. The Labute approximate surface area is 145 Å². The lowest BCUT2D eigenvalue weighted by Crippen LogP contribution is -2.31. The third-order valence-electron chi connectivity index (χ3n) is 4.24. The molecule has 0 aliphatic carbocycles. The van der Waals surface area contributed by atoms with Gasteiger partial charge in [0.2, 0.25) is 5.88 Å². The number of hydrogen-bond acceptors (Lipinski definition) is 5. The zero-order valence-electron chi connectivity index (χ0n) is 14.1. The van der Waals surface area contributed by atoms with E-state index in [0.29, 0.717) is 36.5 Å². The molecule has 2 aromatic rings. The molecule has 25 heavy (non-hydrogen) atoms. The summed E-state index contributed by atoms with van der Waals surface area (Å²) in [5, 5.41) is 11.1. The smallest absolute Gasteiger partial charge is 0.273 e. The molecule has 1 unspecified atom stereocenters. The molecule has 0 N–H and O–H groups in total. The van der Waals surface area contributed by atoms with Crippen molar-refractivity contribution in [1.82, 2.24) is 9.88 Å². The third-order valence-corrected chi connectivity index (χ3v) is 4.24. The lowest BCUT2D eigenvalue weighted by molar-refractivity contribution is -0.385. The van der Waals surface area contributed by atoms with E-state index < -0.39 is 4.92 Å². The van der Waals surface area contributed by atoms with Crippen LogP contribution in [0.15, 0.2) is 36.4 Å². The van der Waals surface area contributed by atoms with Crippen molar-refractivity contribution in [3.8, 4) is 5.88 Å². The van der Waals surface area contributed by atoms with E-state index in [-0.39, 0.29) is 17.7 Å². The van der Waals surface area contributed by atoms with Gasteiger partial charge in [-0.3, -0.25) is 14.9 Å². The van der Waals surface area contributed by atoms with Gasteiger partial charge in [-0.05, 0) is 26.0 Å². The van der Waals surface area contributed by atoms with Crippen molar-refractivity contribution in [3.63, 3.8) is 0 Å². The van der Waals surface area contributed by atoms with Gasteiger partial charge in [0, 0.05) is 41.9 Å². The summed E-state index contributed by atoms with van der Waals surface area (Å²) < 4.78 is 5.84. The molecule has 7 nitrogen and oxygen atoms in total. The van der Waals surface area contributed by atoms with E-state index in [9.17, 15) is 14.9 Å². The zero-order chi connectivity index (χ0) is 18.0. The minimum absolute atomic E-state index is 0.0400. The van der Waals surface area contributed by atoms with Crippen LogP contribution in [0.1, 0.15) is 28.0 Å². The highest BCUT2D eigenvalue weighted by molar-refractivity contribution is 5.95. The number of nitrogens with zero attached hydrogens (tertiary/aromatic N) is 3. The number of carbonyl (C=O) groups excluding carboxylic acids is 1. The summed E-state index contributed by atoms with van der Waals surface area (Å²) in [5.41, 5.74) is 1.69. The fraction of sp³-hybridized carbons (Fsp3) is 0.333. The summed E-state index contributed by atoms with van der Waals surface area (Å²) in [6, 6.07) is 10.1. The summed E-state index contributed by atoms with van der Waals surface area (Å²) >= 11 is 0. The molecular weight excluding hydrogens is 322 g/mol. The first-order valence-corrected chi connectivity index (χ1v) is 8.08. The van der Waals surface area contributed by atoms with Gasteiger partial charge >= 0.3 is 0 Å². The number of aryl methyl sites for hydroxylation is 2. The first kappa shape index (κ1) is 16.9. The number of amides is 1. The van der Waals surface area contributed by atoms with E-state index in [0.717, 1.165) is 5.69 Å². The van der Waals surface area contributed by atoms with Crippen LogP contribution in [0.5, 0.6) is 5.88 Å². The summed E-state index contributed by atoms with van der Waals surface area (Å²) in [5.74, 6) is 0.330. The molecule has 1 amide bonds. The van der Waals surface area contributed by atoms with Crippen molar-refractivity contribution >= 4 is 11.6 Å². The van der Waals surface area contributed by atoms with E-state index in [2.05, 4.69) is 4.98 Å². The average Bonchev–Trinajstić information content (AvgIpc) is 3.03. The first-order valence-electron chi connectivity index (χ1n) is 8.08. The number of carbonyl (C=O) groups is 1. The number of benzene rings is 1. The van der Waals surface area contributed by atoms with Gasteiger partial charge in [-0.25, -0.2) is 4.98 Å². The maximum Gasteiger partial charge on any atom is 0.273 e. The summed E-state index contributed by atoms with van der Waals surface area (Å²) in [6.07, 6.45) is 0.577. The van der Waals surface area contributed by atoms with E-state index in [1.165, 1.54) is 6.07 Å². The number of nitro groups is 1. The van der Waals surface area contributed by atoms with Crippen LogP contribution >= 0.6 is 0 Å². The van der Waals surface area contributed by atoms with E-state index in [4.69, 9.17) is 4.74 Å². The topological polar surface area (TPSA) is 85.6 Å². The molecular formula is C18H19N3O4. The number of aromatic nitrogens is 1. The van der Waals surface area contributed by atoms with Gasteiger partial charge in [0.1, 0.15) is 6.10 Å². The van der Waals surface area contributed by atoms with Crippen molar-refractivity contribution < 1.29 is 14.5 Å². The Morgan fingerprint density at radius 3 is 2.84 bits per heavy atom. The Kier molecular flexibility index (Phi) is 4.65. The van der Waals surface area contributed by atoms with Crippen molar-refractivity contribution in [3.05, 3.63) is 63.3 Å². The Hall–Kier alpha value is -2.96. The van der Waals surface area contributed by atoms with Crippen LogP contribution < -0.4 is 4.74 Å². The maximum absolute atomic E-state index is 12.6. The van der Waals surface area contributed by atoms with Crippen LogP contribution in [0.25, 0.3) is 0 Å². The Balaban J connectivity index is 1.68. The summed E-state index contributed by atoms with van der Waals surface area (Å²) in [7, 11) is 0. The lowest BCUT2D eigenvalue weighted by Gasteiger charge is -2.17. The summed E-state index contributed by atoms with van der Waals surface area (Å²) in [4.78, 5) is 29.2. The van der Waals surface area contributed by atoms with Gasteiger partial charge in [-0.1, -0.05) is 12.1 Å². The Bertz CT molecular complexity index is 822. The van der Waals surface area contributed by atoms with Gasteiger partial charge in [0.15, 0.2) is 0 Å². The van der Waals surface area contributed by atoms with Gasteiger partial charge in [0.25, 0.3) is 11.6 Å². The molecule has 0 saturated carbocycles. The molecule has 1 aliphatic rings. The van der Waals surface area contributed by atoms with Crippen LogP contribution in [0.3, 0.4) is 0 Å². The average molecular weight is 341 g/mol. The van der Waals surface area contributed by atoms with Crippen molar-refractivity contribution in [1.29, 1.82) is 0 Å². The van der Waals surface area contributed by atoms with Crippen LogP contribution in [-0.2, 0) is 0 Å². The van der Waals surface area contributed by atoms with Crippen LogP contribution in [-0.4, -0.2) is 39.9 Å². The number of rotatable bonds is 4. The van der Waals surface area contributed by atoms with E-state index >= 15 is 0 Å². The molecule has 0 radical (unpaired) electrons. The van der Waals surface area contributed by atoms with Gasteiger partial charge in [0.05, 0.1) is 11.5 Å². The fourth-order valence-electron chi connectivity index (χ4n) is 2.88. The molecule has 7 heteroatoms. The number of nitro benzene ring substituents is 1. The number of pyridine rings is 1. The second-order valence-corrected chi connectivity index (χ2v) is 6.16. The molecule has 1 atom stereocenters. The standard InChI is InChI=1S/C18H19N3O4/c1-12-6-7-14(10-16(12)21(23)24)18(22)20-9-8-15(11-20)25-17-5-3-4-13(2)19-17/h3-7,10,15H,8-9,11H2,1-2H3. The van der Waals surface area contributed by atoms with E-state index in [1.54, 1.807) is 30.0 Å². The van der Waals surface area contributed by atoms with Crippen molar-refractivity contribution in [2.75, 3.05) is 13.1 Å². The minimum atomic E-state index is -0.467. The maximum atomic E-state index is 12.6. The van der Waals surface area contributed by atoms with Gasteiger partial charge in [-0.2, -0.15) is 0 Å². The third kappa shape index (κ3) is 3.76. The number of hydrogen-bond donors (Lipinski definition) is 0. The number of likely N-dealkylation sites (tertiary alicyclic amines) is 1. The fourth-order valence-corrected chi connectivity index (χ4v) is 2.88. The predicted octanol–water partition coefficient (Wildman–Crippen LogP) is 2.90. The molecule has 1 fully saturated rings. The molecule has 1 aromatic carbocycles. The zero-order valence-corrected chi connectivity index (χ0v) is 14.1. The van der Waals surface area contributed by atoms with Crippen molar-refractivity contribution in [2.24, 2.45) is 0 Å². The SMILES string of the molecule is Cc1cccc(OC2CCN(C(=O)c3ccc(C)c([N+](=O)[O-])c3)C2)n1. The molecule has 3 rings (SSSR count). The van der Waals surface area contributed by atoms with Gasteiger partial charge in [-0.15, -0.1) is 0 Å². The molecule has 1 aromatic heterocycles. The highest BCUT2D eigenvalue weighted by atomic mass is 16.6. The molecule has 0 bridgehead atoms. The Morgan fingerprint density at radius 1 is 1.32 bits per heavy atom. The predicted molar refractivity (Wildman–Crippen MR) is 91.7 cm³/mol. The number of ether oxygens (including phenoxy) is 1. The first-order chi connectivity index (χ1) is 11.9. The second kappa shape index (κ2) is 6.88. The molecule has 1 saturated heterocycles. The highest BCUT2D eigenvalue weighted by Crippen LogP contribution is 2.23. The van der Waals surface area contributed by atoms with Crippen molar-refractivity contribution in [2.45, 2.75) is 26.4 Å². The van der Waals surface area contributed by atoms with Gasteiger partial charge < -0.3 is 9.64 Å². The normalized spacial score (nSPS) is 16.7. The largest absolute Gasteiger partial charge is 0.472 e. The molecule has 1 aliphatic heterocycles. The van der Waals surface area contributed by atoms with Crippen LogP contribution in [0.2, 0.25) is 0 Å². The van der Waals surface area contributed by atoms with E-state index in [1.807, 2.05) is 19.1 Å². The molecule has 2 heterocycles. The molecule has 0 spiro atoms. The highest BCUT2D eigenvalue weighted by Gasteiger charge is 2.29. The molecule has 130 valence electrons. The quantitative estimate of drug-likeness (QED) is 0.630. The summed E-state index contributed by atoms with van der Waals surface area (Å²) in [6.45, 7) is 4.54. The van der Waals surface area contributed by atoms with Crippen LogP contribution in [0, 0.1) is 24.0 Å². The Morgan fingerprint density at radius 2 is 2.12 bits per heavy atom. The van der Waals surface area contributed by atoms with Crippen LogP contribution in [0.4, 0.5) is 5.69 Å².